The van der Waals surface area contributed by atoms with Crippen LogP contribution in [0, 0.1) is 11.8 Å². The molecule has 15 heavy (non-hydrogen) atoms. The van der Waals surface area contributed by atoms with Gasteiger partial charge in [0.1, 0.15) is 5.78 Å². The predicted molar refractivity (Wildman–Crippen MR) is 58.8 cm³/mol. The van der Waals surface area contributed by atoms with E-state index >= 15 is 0 Å². The summed E-state index contributed by atoms with van der Waals surface area (Å²) in [6.45, 7) is 3.68. The molecule has 2 rings (SSSR count). The van der Waals surface area contributed by atoms with Gasteiger partial charge in [-0.15, -0.1) is 0 Å². The number of carbonyl (C=O) groups excluding carboxylic acids is 1. The molecule has 0 radical (unpaired) electrons. The van der Waals surface area contributed by atoms with E-state index < -0.39 is 0 Å². The number of nitrogens with one attached hydrogen (secondary N) is 1. The van der Waals surface area contributed by atoms with Crippen molar-refractivity contribution in [2.45, 2.75) is 32.1 Å². The zero-order valence-electron chi connectivity index (χ0n) is 9.34. The minimum absolute atomic E-state index is 0.202. The van der Waals surface area contributed by atoms with Crippen molar-refractivity contribution >= 4 is 5.78 Å². The molecule has 3 nitrogen and oxygen atoms in total. The van der Waals surface area contributed by atoms with Crippen LogP contribution < -0.4 is 5.32 Å². The molecule has 0 amide bonds. The normalized spacial score (nSPS) is 28.9. The van der Waals surface area contributed by atoms with E-state index in [4.69, 9.17) is 4.74 Å². The van der Waals surface area contributed by atoms with Gasteiger partial charge in [0.05, 0.1) is 6.61 Å². The summed E-state index contributed by atoms with van der Waals surface area (Å²) in [6.07, 6.45) is 5.22. The molecule has 2 saturated heterocycles. The Morgan fingerprint density at radius 2 is 2.07 bits per heavy atom. The Morgan fingerprint density at radius 1 is 1.27 bits per heavy atom. The third kappa shape index (κ3) is 3.28. The average molecular weight is 211 g/mol. The number of ether oxygens (including phenoxy) is 1. The Labute approximate surface area is 91.6 Å². The first-order valence-corrected chi connectivity index (χ1v) is 6.17. The lowest BCUT2D eigenvalue weighted by molar-refractivity contribution is -0.127. The quantitative estimate of drug-likeness (QED) is 0.766. The summed E-state index contributed by atoms with van der Waals surface area (Å²) in [5, 5.41) is 3.33. The summed E-state index contributed by atoms with van der Waals surface area (Å²) >= 11 is 0. The van der Waals surface area contributed by atoms with Crippen molar-refractivity contribution in [2.24, 2.45) is 11.8 Å². The van der Waals surface area contributed by atoms with Crippen LogP contribution in [0.15, 0.2) is 0 Å². The monoisotopic (exact) mass is 211 g/mol. The van der Waals surface area contributed by atoms with Crippen LogP contribution in [-0.2, 0) is 9.53 Å². The zero-order valence-corrected chi connectivity index (χ0v) is 9.34. The Hall–Kier alpha value is -0.410. The minimum atomic E-state index is 0.202. The summed E-state index contributed by atoms with van der Waals surface area (Å²) in [5.74, 6) is 1.27. The van der Waals surface area contributed by atoms with Crippen LogP contribution in [0.25, 0.3) is 0 Å². The Kier molecular flexibility index (Phi) is 4.15. The molecule has 1 atom stereocenters. The third-order valence-corrected chi connectivity index (χ3v) is 3.56. The van der Waals surface area contributed by atoms with Gasteiger partial charge in [-0.2, -0.15) is 0 Å². The van der Waals surface area contributed by atoms with Crippen LogP contribution in [0.2, 0.25) is 0 Å². The lowest BCUT2D eigenvalue weighted by atomic mass is 9.86. The first-order valence-electron chi connectivity index (χ1n) is 6.17. The third-order valence-electron chi connectivity index (χ3n) is 3.56. The molecule has 0 saturated carbocycles. The fraction of sp³-hybridized carbons (Fsp3) is 0.917. The lowest BCUT2D eigenvalue weighted by Crippen LogP contribution is -2.32. The van der Waals surface area contributed by atoms with Crippen LogP contribution >= 0.6 is 0 Å². The molecule has 0 aromatic heterocycles. The smallest absolute Gasteiger partial charge is 0.138 e. The lowest BCUT2D eigenvalue weighted by Gasteiger charge is -2.25. The van der Waals surface area contributed by atoms with E-state index in [-0.39, 0.29) is 5.92 Å². The molecule has 0 aliphatic carbocycles. The highest BCUT2D eigenvalue weighted by molar-refractivity contribution is 5.81. The number of hydrogen-bond donors (Lipinski definition) is 1. The molecule has 2 heterocycles. The van der Waals surface area contributed by atoms with E-state index in [1.54, 1.807) is 0 Å². The van der Waals surface area contributed by atoms with E-state index in [0.717, 1.165) is 39.0 Å². The van der Waals surface area contributed by atoms with E-state index in [9.17, 15) is 4.79 Å². The highest BCUT2D eigenvalue weighted by atomic mass is 16.5. The van der Waals surface area contributed by atoms with Crippen LogP contribution in [0.1, 0.15) is 32.1 Å². The number of Topliss-reactive ketones (excluding diaryl/α,β-unsaturated/α-hetero) is 1. The minimum Gasteiger partial charge on any atom is -0.381 e. The molecule has 3 heteroatoms. The van der Waals surface area contributed by atoms with Gasteiger partial charge in [0.2, 0.25) is 0 Å². The van der Waals surface area contributed by atoms with Gasteiger partial charge in [0.15, 0.2) is 0 Å². The van der Waals surface area contributed by atoms with Crippen LogP contribution in [0.5, 0.6) is 0 Å². The Bertz CT molecular complexity index is 206. The number of carbonyl (C=O) groups is 1. The maximum absolute atomic E-state index is 12.0. The first-order chi connectivity index (χ1) is 7.36. The maximum Gasteiger partial charge on any atom is 0.138 e. The van der Waals surface area contributed by atoms with Crippen molar-refractivity contribution in [2.75, 3.05) is 26.3 Å². The van der Waals surface area contributed by atoms with Gasteiger partial charge in [-0.1, -0.05) is 0 Å². The number of ketones is 1. The maximum atomic E-state index is 12.0. The molecule has 0 spiro atoms. The van der Waals surface area contributed by atoms with Gasteiger partial charge in [0.25, 0.3) is 0 Å². The summed E-state index contributed by atoms with van der Waals surface area (Å²) in [6, 6.07) is 0. The van der Waals surface area contributed by atoms with Crippen molar-refractivity contribution in [1.82, 2.24) is 5.32 Å². The van der Waals surface area contributed by atoms with E-state index in [1.807, 2.05) is 0 Å². The summed E-state index contributed by atoms with van der Waals surface area (Å²) in [7, 11) is 0. The second-order valence-electron chi connectivity index (χ2n) is 4.78. The van der Waals surface area contributed by atoms with Crippen LogP contribution in [0.3, 0.4) is 0 Å². The Morgan fingerprint density at radius 3 is 2.73 bits per heavy atom. The van der Waals surface area contributed by atoms with Gasteiger partial charge in [-0.3, -0.25) is 4.79 Å². The van der Waals surface area contributed by atoms with Crippen LogP contribution in [-0.4, -0.2) is 32.1 Å². The van der Waals surface area contributed by atoms with Crippen molar-refractivity contribution in [3.05, 3.63) is 0 Å². The van der Waals surface area contributed by atoms with Gasteiger partial charge < -0.3 is 10.1 Å². The molecule has 1 unspecified atom stereocenters. The van der Waals surface area contributed by atoms with Gasteiger partial charge >= 0.3 is 0 Å². The van der Waals surface area contributed by atoms with Crippen molar-refractivity contribution in [3.8, 4) is 0 Å². The zero-order chi connectivity index (χ0) is 10.5. The predicted octanol–water partition coefficient (Wildman–Crippen LogP) is 1.37. The highest BCUT2D eigenvalue weighted by Gasteiger charge is 2.25. The molecule has 2 fully saturated rings. The number of rotatable bonds is 3. The second kappa shape index (κ2) is 5.61. The van der Waals surface area contributed by atoms with Crippen molar-refractivity contribution < 1.29 is 9.53 Å². The summed E-state index contributed by atoms with van der Waals surface area (Å²) in [5.41, 5.74) is 0. The summed E-state index contributed by atoms with van der Waals surface area (Å²) in [4.78, 5) is 12.0. The van der Waals surface area contributed by atoms with Crippen molar-refractivity contribution in [3.63, 3.8) is 0 Å². The first kappa shape index (κ1) is 11.1. The number of hydrogen-bond acceptors (Lipinski definition) is 3. The molecular formula is C12H21NO2. The van der Waals surface area contributed by atoms with E-state index in [0.29, 0.717) is 18.3 Å². The standard InChI is InChI=1S/C12H21NO2/c14-12(11-2-1-7-15-9-11)8-10-3-5-13-6-4-10/h10-11,13H,1-9H2. The Balaban J connectivity index is 1.74. The van der Waals surface area contributed by atoms with E-state index in [2.05, 4.69) is 5.32 Å². The van der Waals surface area contributed by atoms with Crippen molar-refractivity contribution in [1.29, 1.82) is 0 Å². The van der Waals surface area contributed by atoms with Crippen LogP contribution in [0.4, 0.5) is 0 Å². The van der Waals surface area contributed by atoms with Gasteiger partial charge in [-0.05, 0) is 44.7 Å². The summed E-state index contributed by atoms with van der Waals surface area (Å²) < 4.78 is 5.36. The molecule has 86 valence electrons. The molecule has 0 bridgehead atoms. The molecule has 2 aliphatic rings. The number of piperidine rings is 1. The fourth-order valence-electron chi connectivity index (χ4n) is 2.53. The molecule has 2 aliphatic heterocycles. The molecule has 0 aromatic carbocycles. The molecular weight excluding hydrogens is 190 g/mol. The largest absolute Gasteiger partial charge is 0.381 e. The van der Waals surface area contributed by atoms with E-state index in [1.165, 1.54) is 12.8 Å². The van der Waals surface area contributed by atoms with Gasteiger partial charge in [0, 0.05) is 18.9 Å². The van der Waals surface area contributed by atoms with Gasteiger partial charge in [-0.25, -0.2) is 0 Å². The molecule has 0 aromatic rings. The SMILES string of the molecule is O=C(CC1CCNCC1)C1CCCOC1. The second-order valence-corrected chi connectivity index (χ2v) is 4.78. The average Bonchev–Trinajstić information content (AvgIpc) is 2.31. The molecule has 1 N–H and O–H groups in total. The fourth-order valence-corrected chi connectivity index (χ4v) is 2.53. The topological polar surface area (TPSA) is 38.3 Å². The highest BCUT2D eigenvalue weighted by Crippen LogP contribution is 2.22.